The number of hydrogen-bond donors (Lipinski definition) is 8. The maximum atomic E-state index is 12.0. The molecule has 308 valence electrons. The first-order valence-electron chi connectivity index (χ1n) is 16.3. The number of rotatable bonds is 12. The zero-order valence-electron chi connectivity index (χ0n) is 29.6. The van der Waals surface area contributed by atoms with E-state index in [0.717, 1.165) is 24.3 Å². The second-order valence-electron chi connectivity index (χ2n) is 12.5. The Bertz CT molecular complexity index is 2860. The number of aliphatic hydroxyl groups is 2. The van der Waals surface area contributed by atoms with Crippen molar-refractivity contribution in [1.29, 1.82) is 0 Å². The summed E-state index contributed by atoms with van der Waals surface area (Å²) in [6, 6.07) is 15.5. The Morgan fingerprint density at radius 2 is 0.898 bits per heavy atom. The zero-order valence-corrected chi connectivity index (χ0v) is 32.8. The van der Waals surface area contributed by atoms with Crippen LogP contribution >= 0.6 is 0 Å². The van der Waals surface area contributed by atoms with Gasteiger partial charge in [-0.25, -0.2) is 0 Å². The number of phenols is 2. The highest BCUT2D eigenvalue weighted by atomic mass is 32.2. The second kappa shape index (κ2) is 16.5. The van der Waals surface area contributed by atoms with E-state index in [1.54, 1.807) is 24.3 Å². The second-order valence-corrected chi connectivity index (χ2v) is 17.1. The van der Waals surface area contributed by atoms with Crippen LogP contribution in [-0.2, 0) is 62.0 Å². The number of aromatic hydroxyl groups is 2. The lowest BCUT2D eigenvalue weighted by molar-refractivity contribution is 0.282. The summed E-state index contributed by atoms with van der Waals surface area (Å²) in [6.45, 7) is -1.01. The highest BCUT2D eigenvalue weighted by Gasteiger charge is 2.24. The lowest BCUT2D eigenvalue weighted by atomic mass is 10.00. The summed E-state index contributed by atoms with van der Waals surface area (Å²) >= 11 is -6.09. The summed E-state index contributed by atoms with van der Waals surface area (Å²) in [5, 5.41) is 57.0. The summed E-state index contributed by atoms with van der Waals surface area (Å²) in [4.78, 5) is -3.00. The Labute approximate surface area is 338 Å². The summed E-state index contributed by atoms with van der Waals surface area (Å²) in [7, 11) is -9.90. The predicted octanol–water partition coefficient (Wildman–Crippen LogP) is 4.94. The standard InChI is InChI=1S/C35H30N6O14S4/c36-32-26(56(46)47)12-28(58(50,51)52)20-3-7-24(34(44)30(20)32)40-38-22-5-1-16(10-18(22)14-42)9-17-2-6-23(19(11-17)15-43)39-41-25-8-4-21-29(59(53,54)55)13-27(57(48)49)33(37)31(21)35(25)45/h1-8,10-13,42-45H,9,14-15,36-37H2,(H,46,47)(H,48,49)(H,50,51,52)(H,53,54,55)/p-2. The number of nitrogen functional groups attached to an aromatic ring is 2. The summed E-state index contributed by atoms with van der Waals surface area (Å²) < 4.78 is 114. The van der Waals surface area contributed by atoms with Crippen LogP contribution in [0.4, 0.5) is 34.1 Å². The van der Waals surface area contributed by atoms with Crippen LogP contribution < -0.4 is 11.5 Å². The van der Waals surface area contributed by atoms with Gasteiger partial charge in [0.05, 0.1) is 46.7 Å². The minimum atomic E-state index is -4.95. The molecule has 0 amide bonds. The smallest absolute Gasteiger partial charge is 0.295 e. The van der Waals surface area contributed by atoms with Gasteiger partial charge in [-0.1, -0.05) is 36.4 Å². The zero-order chi connectivity index (χ0) is 43.1. The third kappa shape index (κ3) is 8.53. The molecule has 6 aromatic rings. The molecule has 0 saturated heterocycles. The van der Waals surface area contributed by atoms with Gasteiger partial charge in [0.25, 0.3) is 20.2 Å². The van der Waals surface area contributed by atoms with Crippen LogP contribution in [0.5, 0.6) is 11.5 Å². The van der Waals surface area contributed by atoms with Crippen molar-refractivity contribution in [1.82, 2.24) is 0 Å². The molecular formula is C35H28N6O14S4-2. The third-order valence-electron chi connectivity index (χ3n) is 8.92. The van der Waals surface area contributed by atoms with Gasteiger partial charge in [0, 0.05) is 31.7 Å². The first-order chi connectivity index (χ1) is 27.7. The predicted molar refractivity (Wildman–Crippen MR) is 210 cm³/mol. The number of nitrogens with zero attached hydrogens (tertiary/aromatic N) is 4. The van der Waals surface area contributed by atoms with Crippen LogP contribution in [0.25, 0.3) is 21.5 Å². The lowest BCUT2D eigenvalue weighted by Gasteiger charge is -2.15. The Morgan fingerprint density at radius 1 is 0.559 bits per heavy atom. The fraction of sp³-hybridized carbons (Fsp3) is 0.0857. The molecule has 0 fully saturated rings. The van der Waals surface area contributed by atoms with Crippen molar-refractivity contribution in [2.45, 2.75) is 39.2 Å². The van der Waals surface area contributed by atoms with Crippen LogP contribution in [-0.4, -0.2) is 63.9 Å². The van der Waals surface area contributed by atoms with Gasteiger partial charge < -0.3 is 41.0 Å². The number of anilines is 2. The van der Waals surface area contributed by atoms with E-state index in [1.165, 1.54) is 12.1 Å². The molecule has 20 nitrogen and oxygen atoms in total. The lowest BCUT2D eigenvalue weighted by Crippen LogP contribution is -2.05. The quantitative estimate of drug-likeness (QED) is 0.0349. The maximum Gasteiger partial charge on any atom is 0.295 e. The molecule has 6 aromatic carbocycles. The van der Waals surface area contributed by atoms with Gasteiger partial charge in [0.15, 0.2) is 11.5 Å². The number of benzene rings is 6. The van der Waals surface area contributed by atoms with Crippen LogP contribution in [0.3, 0.4) is 0 Å². The van der Waals surface area contributed by atoms with E-state index in [1.807, 2.05) is 0 Å². The van der Waals surface area contributed by atoms with Gasteiger partial charge in [-0.05, 0) is 76.1 Å². The van der Waals surface area contributed by atoms with Gasteiger partial charge in [-0.3, -0.25) is 17.5 Å². The van der Waals surface area contributed by atoms with E-state index >= 15 is 0 Å². The first-order valence-corrected chi connectivity index (χ1v) is 21.4. The highest BCUT2D eigenvalue weighted by molar-refractivity contribution is 7.86. The maximum absolute atomic E-state index is 12.0. The van der Waals surface area contributed by atoms with Gasteiger partial charge in [-0.15, -0.1) is 10.2 Å². The molecule has 59 heavy (non-hydrogen) atoms. The minimum absolute atomic E-state index is 0.161. The number of phenolic OH excluding ortho intramolecular Hbond substituents is 2. The number of nitrogens with two attached hydrogens (primary N) is 2. The Kier molecular flexibility index (Phi) is 11.9. The largest absolute Gasteiger partial charge is 0.768 e. The van der Waals surface area contributed by atoms with E-state index < -0.39 is 109 Å². The van der Waals surface area contributed by atoms with Gasteiger partial charge in [0.2, 0.25) is 0 Å². The summed E-state index contributed by atoms with van der Waals surface area (Å²) in [5.41, 5.74) is 12.6. The van der Waals surface area contributed by atoms with Crippen molar-refractivity contribution in [2.24, 2.45) is 20.5 Å². The first kappa shape index (κ1) is 42.8. The monoisotopic (exact) mass is 884 g/mol. The number of fused-ring (bicyclic) bond motifs is 2. The molecule has 2 unspecified atom stereocenters. The van der Waals surface area contributed by atoms with E-state index in [4.69, 9.17) is 11.5 Å². The van der Waals surface area contributed by atoms with E-state index in [2.05, 4.69) is 20.5 Å². The molecule has 0 heterocycles. The normalized spacial score (nSPS) is 13.5. The molecule has 0 aromatic heterocycles. The van der Waals surface area contributed by atoms with Crippen LogP contribution in [0.15, 0.2) is 113 Å². The molecule has 0 radical (unpaired) electrons. The van der Waals surface area contributed by atoms with Crippen molar-refractivity contribution in [2.75, 3.05) is 11.5 Å². The Hall–Kier alpha value is -5.80. The minimum Gasteiger partial charge on any atom is -0.768 e. The molecule has 10 N–H and O–H groups in total. The molecule has 0 bridgehead atoms. The Morgan fingerprint density at radius 3 is 1.22 bits per heavy atom. The molecule has 24 heteroatoms. The van der Waals surface area contributed by atoms with Crippen molar-refractivity contribution in [3.8, 4) is 11.5 Å². The van der Waals surface area contributed by atoms with Crippen molar-refractivity contribution < 1.29 is 63.9 Å². The third-order valence-corrected chi connectivity index (χ3v) is 12.1. The average Bonchev–Trinajstić information content (AvgIpc) is 3.16. The van der Waals surface area contributed by atoms with Crippen molar-refractivity contribution in [3.05, 3.63) is 95.1 Å². The fourth-order valence-electron chi connectivity index (χ4n) is 6.17. The van der Waals surface area contributed by atoms with Crippen LogP contribution in [0.2, 0.25) is 0 Å². The topological polar surface area (TPSA) is 371 Å². The van der Waals surface area contributed by atoms with Crippen molar-refractivity contribution >= 4 is 98.1 Å². The van der Waals surface area contributed by atoms with Gasteiger partial charge in [0.1, 0.15) is 21.2 Å². The molecule has 0 saturated carbocycles. The SMILES string of the molecule is Nc1c(S(=O)[O-])cc(S(=O)(=O)O)c2ccc(N=Nc3ccc(Cc4ccc(N=Nc5ccc6c(S(=O)(=O)O)cc(S(=O)[O-])c(N)c6c5O)c(CO)c4)cc3CO)c(O)c12. The molecule has 0 spiro atoms. The Balaban J connectivity index is 1.27. The number of hydrogen-bond acceptors (Lipinski definition) is 18. The van der Waals surface area contributed by atoms with Crippen LogP contribution in [0, 0.1) is 0 Å². The molecule has 2 atom stereocenters. The molecule has 0 aliphatic heterocycles. The molecule has 0 aliphatic carbocycles. The van der Waals surface area contributed by atoms with E-state index in [-0.39, 0.29) is 39.9 Å². The van der Waals surface area contributed by atoms with Gasteiger partial charge >= 0.3 is 0 Å². The summed E-state index contributed by atoms with van der Waals surface area (Å²) in [6.07, 6.45) is 0.267. The van der Waals surface area contributed by atoms with E-state index in [0.29, 0.717) is 34.4 Å². The molecule has 0 aliphatic rings. The molecule has 6 rings (SSSR count). The highest BCUT2D eigenvalue weighted by Crippen LogP contribution is 2.45. The van der Waals surface area contributed by atoms with Gasteiger partial charge in [-0.2, -0.15) is 27.1 Å². The number of azo groups is 2. The van der Waals surface area contributed by atoms with Crippen molar-refractivity contribution in [3.63, 3.8) is 0 Å². The van der Waals surface area contributed by atoms with E-state index in [9.17, 15) is 63.9 Å². The summed E-state index contributed by atoms with van der Waals surface area (Å²) in [5.74, 6) is -1.46. The molecular weight excluding hydrogens is 857 g/mol. The number of aliphatic hydroxyl groups excluding tert-OH is 2. The fourth-order valence-corrected chi connectivity index (χ4v) is 8.74. The average molecular weight is 885 g/mol. The van der Waals surface area contributed by atoms with Crippen LogP contribution in [0.1, 0.15) is 22.3 Å².